The standard InChI is InChI=1S/C42H54O8SSi/c1-42(2,3)52(5,6)49-31-36-37(45-27-32-19-11-7-12-20-32)39(46-28-33-21-13-8-14-22-33)41(48-30-35-25-17-10-18-26-35)40(38(36)50-51(4,43)44)47-29-34-23-15-9-16-24-34/h7-26,36-41H,27-31H2,1-6H3/t36-,37-,38-,39+,40+,41-/m1/s1. The van der Waals surface area contributed by atoms with Gasteiger partial charge in [0.25, 0.3) is 10.1 Å². The van der Waals surface area contributed by atoms with Crippen LogP contribution in [0.15, 0.2) is 121 Å². The van der Waals surface area contributed by atoms with Gasteiger partial charge in [0.05, 0.1) is 38.8 Å². The minimum atomic E-state index is -3.98. The van der Waals surface area contributed by atoms with Gasteiger partial charge in [-0.15, -0.1) is 0 Å². The third kappa shape index (κ3) is 11.4. The van der Waals surface area contributed by atoms with Crippen molar-refractivity contribution in [1.82, 2.24) is 0 Å². The smallest absolute Gasteiger partial charge is 0.264 e. The van der Waals surface area contributed by atoms with Gasteiger partial charge in [-0.2, -0.15) is 8.42 Å². The molecule has 0 N–H and O–H groups in total. The third-order valence-electron chi connectivity index (χ3n) is 10.0. The molecule has 8 nitrogen and oxygen atoms in total. The summed E-state index contributed by atoms with van der Waals surface area (Å²) in [6.45, 7) is 12.1. The molecular formula is C42H54O8SSi. The highest BCUT2D eigenvalue weighted by molar-refractivity contribution is 7.86. The maximum absolute atomic E-state index is 13.2. The number of benzene rings is 4. The fourth-order valence-corrected chi connectivity index (χ4v) is 7.83. The van der Waals surface area contributed by atoms with Crippen LogP contribution in [0.5, 0.6) is 0 Å². The van der Waals surface area contributed by atoms with E-state index >= 15 is 0 Å². The van der Waals surface area contributed by atoms with E-state index in [1.807, 2.05) is 121 Å². The quantitative estimate of drug-likeness (QED) is 0.0788. The molecule has 6 atom stereocenters. The van der Waals surface area contributed by atoms with Crippen molar-refractivity contribution in [2.75, 3.05) is 12.9 Å². The van der Waals surface area contributed by atoms with Crippen molar-refractivity contribution in [1.29, 1.82) is 0 Å². The zero-order chi connectivity index (χ0) is 37.2. The minimum Gasteiger partial charge on any atom is -0.416 e. The van der Waals surface area contributed by atoms with Crippen molar-refractivity contribution in [3.8, 4) is 0 Å². The van der Waals surface area contributed by atoms with E-state index in [2.05, 4.69) is 33.9 Å². The lowest BCUT2D eigenvalue weighted by atomic mass is 9.78. The van der Waals surface area contributed by atoms with Crippen LogP contribution in [0.4, 0.5) is 0 Å². The molecule has 280 valence electrons. The van der Waals surface area contributed by atoms with Gasteiger partial charge in [-0.05, 0) is 40.4 Å². The molecule has 0 radical (unpaired) electrons. The van der Waals surface area contributed by atoms with Gasteiger partial charge in [0.1, 0.15) is 24.4 Å². The van der Waals surface area contributed by atoms with Crippen LogP contribution in [0.1, 0.15) is 43.0 Å². The highest BCUT2D eigenvalue weighted by Crippen LogP contribution is 2.41. The number of rotatable bonds is 17. The lowest BCUT2D eigenvalue weighted by Crippen LogP contribution is -2.66. The maximum Gasteiger partial charge on any atom is 0.264 e. The van der Waals surface area contributed by atoms with Crippen LogP contribution in [0.2, 0.25) is 18.1 Å². The Morgan fingerprint density at radius 2 is 0.827 bits per heavy atom. The second-order valence-electron chi connectivity index (χ2n) is 15.0. The molecule has 4 aromatic rings. The second-order valence-corrected chi connectivity index (χ2v) is 21.5. The van der Waals surface area contributed by atoms with Crippen LogP contribution in [0.25, 0.3) is 0 Å². The Bertz CT molecular complexity index is 1730. The third-order valence-corrected chi connectivity index (χ3v) is 15.1. The monoisotopic (exact) mass is 746 g/mol. The topological polar surface area (TPSA) is 89.5 Å². The second kappa shape index (κ2) is 18.2. The van der Waals surface area contributed by atoms with Crippen molar-refractivity contribution in [3.63, 3.8) is 0 Å². The fourth-order valence-electron chi connectivity index (χ4n) is 6.13. The van der Waals surface area contributed by atoms with Gasteiger partial charge in [-0.3, -0.25) is 4.18 Å². The molecule has 52 heavy (non-hydrogen) atoms. The van der Waals surface area contributed by atoms with E-state index in [-0.39, 0.29) is 38.1 Å². The molecule has 1 saturated carbocycles. The van der Waals surface area contributed by atoms with Crippen LogP contribution in [-0.2, 0) is 64.1 Å². The average molecular weight is 747 g/mol. The predicted molar refractivity (Wildman–Crippen MR) is 206 cm³/mol. The zero-order valence-corrected chi connectivity index (χ0v) is 33.0. The van der Waals surface area contributed by atoms with Gasteiger partial charge in [0, 0.05) is 12.5 Å². The Morgan fingerprint density at radius 3 is 1.15 bits per heavy atom. The van der Waals surface area contributed by atoms with E-state index in [1.165, 1.54) is 0 Å². The molecule has 0 bridgehead atoms. The highest BCUT2D eigenvalue weighted by Gasteiger charge is 2.56. The van der Waals surface area contributed by atoms with E-state index in [4.69, 9.17) is 27.6 Å². The van der Waals surface area contributed by atoms with Crippen LogP contribution >= 0.6 is 0 Å². The molecule has 0 amide bonds. The first kappa shape index (κ1) is 40.0. The fraction of sp³-hybridized carbons (Fsp3) is 0.429. The van der Waals surface area contributed by atoms with Crippen molar-refractivity contribution in [2.45, 2.75) is 95.9 Å². The van der Waals surface area contributed by atoms with Gasteiger partial charge in [-0.1, -0.05) is 142 Å². The first-order valence-electron chi connectivity index (χ1n) is 17.9. The molecule has 0 heterocycles. The van der Waals surface area contributed by atoms with Gasteiger partial charge >= 0.3 is 0 Å². The van der Waals surface area contributed by atoms with Crippen molar-refractivity contribution in [3.05, 3.63) is 144 Å². The van der Waals surface area contributed by atoms with Gasteiger partial charge in [0.2, 0.25) is 0 Å². The summed E-state index contributed by atoms with van der Waals surface area (Å²) in [4.78, 5) is 0. The van der Waals surface area contributed by atoms with E-state index < -0.39 is 54.9 Å². The molecule has 10 heteroatoms. The summed E-state index contributed by atoms with van der Waals surface area (Å²) in [6, 6.07) is 39.5. The Kier molecular flexibility index (Phi) is 14.0. The Labute approximate surface area is 311 Å². The Balaban J connectivity index is 1.62. The van der Waals surface area contributed by atoms with E-state index in [0.29, 0.717) is 0 Å². The number of hydrogen-bond donors (Lipinski definition) is 0. The predicted octanol–water partition coefficient (Wildman–Crippen LogP) is 8.32. The molecule has 1 fully saturated rings. The van der Waals surface area contributed by atoms with Crippen LogP contribution in [-0.4, -0.2) is 60.1 Å². The molecule has 1 aliphatic rings. The summed E-state index contributed by atoms with van der Waals surface area (Å²) in [5.74, 6) is -0.606. The Morgan fingerprint density at radius 1 is 0.519 bits per heavy atom. The summed E-state index contributed by atoms with van der Waals surface area (Å²) < 4.78 is 66.6. The van der Waals surface area contributed by atoms with E-state index in [1.54, 1.807) is 0 Å². The largest absolute Gasteiger partial charge is 0.416 e. The number of ether oxygens (including phenoxy) is 4. The SMILES string of the molecule is CC(C)(C)[Si](C)(C)OC[C@@H]1[C@@H](OCc2ccccc2)[C@H](OCc2ccccc2)[C@@H](OCc2ccccc2)[C@@H](OCc2ccccc2)[C@@H]1OS(C)(=O)=O. The molecular weight excluding hydrogens is 693 g/mol. The molecule has 0 unspecified atom stereocenters. The van der Waals surface area contributed by atoms with Crippen LogP contribution in [0.3, 0.4) is 0 Å². The van der Waals surface area contributed by atoms with Crippen LogP contribution < -0.4 is 0 Å². The average Bonchev–Trinajstić information content (AvgIpc) is 3.12. The van der Waals surface area contributed by atoms with Crippen LogP contribution in [0, 0.1) is 5.92 Å². The summed E-state index contributed by atoms with van der Waals surface area (Å²) in [5.41, 5.74) is 3.84. The molecule has 0 aromatic heterocycles. The zero-order valence-electron chi connectivity index (χ0n) is 31.2. The molecule has 4 aromatic carbocycles. The van der Waals surface area contributed by atoms with Gasteiger partial charge < -0.3 is 23.4 Å². The molecule has 1 aliphatic carbocycles. The highest BCUT2D eigenvalue weighted by atomic mass is 32.2. The lowest BCUT2D eigenvalue weighted by molar-refractivity contribution is -0.259. The van der Waals surface area contributed by atoms with E-state index in [9.17, 15) is 8.42 Å². The first-order chi connectivity index (χ1) is 24.8. The van der Waals surface area contributed by atoms with Crippen molar-refractivity contribution < 1.29 is 36.0 Å². The number of hydrogen-bond acceptors (Lipinski definition) is 8. The summed E-state index contributed by atoms with van der Waals surface area (Å²) in [6.07, 6.45) is -2.99. The molecule has 5 rings (SSSR count). The van der Waals surface area contributed by atoms with E-state index in [0.717, 1.165) is 28.5 Å². The van der Waals surface area contributed by atoms with Crippen molar-refractivity contribution in [2.24, 2.45) is 5.92 Å². The normalized spacial score (nSPS) is 22.7. The molecule has 0 spiro atoms. The Hall–Kier alpha value is -3.19. The lowest BCUT2D eigenvalue weighted by Gasteiger charge is -2.50. The maximum atomic E-state index is 13.2. The minimum absolute atomic E-state index is 0.0942. The van der Waals surface area contributed by atoms with Crippen molar-refractivity contribution >= 4 is 18.4 Å². The molecule has 0 aliphatic heterocycles. The van der Waals surface area contributed by atoms with Gasteiger partial charge in [-0.25, -0.2) is 0 Å². The first-order valence-corrected chi connectivity index (χ1v) is 22.7. The molecule has 0 saturated heterocycles. The van der Waals surface area contributed by atoms with Gasteiger partial charge in [0.15, 0.2) is 8.32 Å². The summed E-state index contributed by atoms with van der Waals surface area (Å²) >= 11 is 0. The summed E-state index contributed by atoms with van der Waals surface area (Å²) in [7, 11) is -6.31. The summed E-state index contributed by atoms with van der Waals surface area (Å²) in [5, 5.41) is -0.0942.